The van der Waals surface area contributed by atoms with Crippen LogP contribution in [0.4, 0.5) is 0 Å². The molecule has 3 rings (SSSR count). The molecule has 1 aromatic carbocycles. The maximum absolute atomic E-state index is 5.52. The normalized spacial score (nSPS) is 28.3. The number of ether oxygens (including phenoxy) is 1. The van der Waals surface area contributed by atoms with Crippen LogP contribution in [0.2, 0.25) is 0 Å². The van der Waals surface area contributed by atoms with Gasteiger partial charge in [0.05, 0.1) is 13.2 Å². The summed E-state index contributed by atoms with van der Waals surface area (Å²) in [5.74, 6) is 1.59. The van der Waals surface area contributed by atoms with Crippen molar-refractivity contribution in [1.29, 1.82) is 0 Å². The van der Waals surface area contributed by atoms with E-state index in [2.05, 4.69) is 36.5 Å². The summed E-state index contributed by atoms with van der Waals surface area (Å²) in [6.45, 7) is 5.17. The lowest BCUT2D eigenvalue weighted by Gasteiger charge is -2.33. The van der Waals surface area contributed by atoms with Gasteiger partial charge in [0.15, 0.2) is 0 Å². The molecule has 1 N–H and O–H groups in total. The van der Waals surface area contributed by atoms with E-state index in [0.29, 0.717) is 6.04 Å². The SMILES string of the molecule is CC(CC1COCCN1)CC1Cc2ccccc21. The molecule has 2 aliphatic rings. The van der Waals surface area contributed by atoms with E-state index >= 15 is 0 Å². The average Bonchev–Trinajstić information content (AvgIpc) is 2.37. The number of nitrogens with one attached hydrogen (secondary N) is 1. The van der Waals surface area contributed by atoms with Gasteiger partial charge in [0, 0.05) is 12.6 Å². The van der Waals surface area contributed by atoms with Crippen LogP contribution in [-0.4, -0.2) is 25.8 Å². The van der Waals surface area contributed by atoms with Crippen molar-refractivity contribution in [3.63, 3.8) is 0 Å². The molecule has 98 valence electrons. The molecule has 2 nitrogen and oxygen atoms in total. The van der Waals surface area contributed by atoms with Crippen molar-refractivity contribution < 1.29 is 4.74 Å². The Morgan fingerprint density at radius 2 is 2.22 bits per heavy atom. The van der Waals surface area contributed by atoms with Gasteiger partial charge in [-0.2, -0.15) is 0 Å². The second kappa shape index (κ2) is 5.41. The van der Waals surface area contributed by atoms with Crippen LogP contribution in [0.1, 0.15) is 36.8 Å². The zero-order valence-electron chi connectivity index (χ0n) is 11.2. The van der Waals surface area contributed by atoms with E-state index in [1.54, 1.807) is 11.1 Å². The van der Waals surface area contributed by atoms with Crippen LogP contribution >= 0.6 is 0 Å². The van der Waals surface area contributed by atoms with Gasteiger partial charge in [-0.15, -0.1) is 0 Å². The molecule has 0 saturated carbocycles. The highest BCUT2D eigenvalue weighted by Gasteiger charge is 2.27. The van der Waals surface area contributed by atoms with E-state index in [1.165, 1.54) is 19.3 Å². The lowest BCUT2D eigenvalue weighted by atomic mass is 9.73. The molecule has 0 spiro atoms. The average molecular weight is 245 g/mol. The fourth-order valence-corrected chi connectivity index (χ4v) is 3.41. The molecule has 3 atom stereocenters. The Kier molecular flexibility index (Phi) is 3.67. The molecule has 1 heterocycles. The Bertz CT molecular complexity index is 398. The van der Waals surface area contributed by atoms with Crippen LogP contribution in [0, 0.1) is 5.92 Å². The Hall–Kier alpha value is -0.860. The largest absolute Gasteiger partial charge is 0.379 e. The standard InChI is InChI=1S/C16H23NO/c1-12(9-15-11-18-7-6-17-15)8-14-10-13-4-2-3-5-16(13)14/h2-5,12,14-15,17H,6-11H2,1H3. The Balaban J connectivity index is 1.49. The summed E-state index contributed by atoms with van der Waals surface area (Å²) in [4.78, 5) is 0. The highest BCUT2D eigenvalue weighted by Crippen LogP contribution is 2.39. The highest BCUT2D eigenvalue weighted by molar-refractivity contribution is 5.39. The van der Waals surface area contributed by atoms with Crippen molar-refractivity contribution in [3.05, 3.63) is 35.4 Å². The third-order valence-electron chi connectivity index (χ3n) is 4.33. The van der Waals surface area contributed by atoms with Crippen molar-refractivity contribution in [2.75, 3.05) is 19.8 Å². The quantitative estimate of drug-likeness (QED) is 0.880. The second-order valence-corrected chi connectivity index (χ2v) is 5.90. The van der Waals surface area contributed by atoms with Gasteiger partial charge in [-0.1, -0.05) is 31.2 Å². The van der Waals surface area contributed by atoms with Crippen LogP contribution < -0.4 is 5.32 Å². The number of rotatable bonds is 4. The van der Waals surface area contributed by atoms with Crippen molar-refractivity contribution in [3.8, 4) is 0 Å². The summed E-state index contributed by atoms with van der Waals surface area (Å²) in [5.41, 5.74) is 3.16. The maximum atomic E-state index is 5.52. The molecule has 2 heteroatoms. The molecule has 0 amide bonds. The Morgan fingerprint density at radius 1 is 1.33 bits per heavy atom. The third kappa shape index (κ3) is 2.60. The lowest BCUT2D eigenvalue weighted by molar-refractivity contribution is 0.0684. The third-order valence-corrected chi connectivity index (χ3v) is 4.33. The highest BCUT2D eigenvalue weighted by atomic mass is 16.5. The van der Waals surface area contributed by atoms with Crippen LogP contribution in [-0.2, 0) is 11.2 Å². The first-order chi connectivity index (χ1) is 8.83. The molecule has 0 bridgehead atoms. The van der Waals surface area contributed by atoms with Gasteiger partial charge in [-0.3, -0.25) is 0 Å². The molecule has 18 heavy (non-hydrogen) atoms. The summed E-state index contributed by atoms with van der Waals surface area (Å²) in [5, 5.41) is 3.55. The number of hydrogen-bond acceptors (Lipinski definition) is 2. The topological polar surface area (TPSA) is 21.3 Å². The first-order valence-electron chi connectivity index (χ1n) is 7.22. The lowest BCUT2D eigenvalue weighted by Crippen LogP contribution is -2.42. The summed E-state index contributed by atoms with van der Waals surface area (Å²) >= 11 is 0. The minimum atomic E-state index is 0.573. The number of morpholine rings is 1. The minimum Gasteiger partial charge on any atom is -0.379 e. The Labute approximate surface area is 110 Å². The molecule has 0 radical (unpaired) electrons. The van der Waals surface area contributed by atoms with Crippen molar-refractivity contribution in [2.45, 2.75) is 38.1 Å². The first kappa shape index (κ1) is 12.2. The van der Waals surface area contributed by atoms with Crippen LogP contribution in [0.5, 0.6) is 0 Å². The van der Waals surface area contributed by atoms with Crippen molar-refractivity contribution >= 4 is 0 Å². The van der Waals surface area contributed by atoms with E-state index in [-0.39, 0.29) is 0 Å². The van der Waals surface area contributed by atoms with Gasteiger partial charge in [-0.25, -0.2) is 0 Å². The van der Waals surface area contributed by atoms with Gasteiger partial charge < -0.3 is 10.1 Å². The fraction of sp³-hybridized carbons (Fsp3) is 0.625. The van der Waals surface area contributed by atoms with E-state index in [1.807, 2.05) is 0 Å². The van der Waals surface area contributed by atoms with E-state index in [9.17, 15) is 0 Å². The molecule has 1 aromatic rings. The summed E-state index contributed by atoms with van der Waals surface area (Å²) < 4.78 is 5.52. The van der Waals surface area contributed by atoms with Crippen LogP contribution in [0.15, 0.2) is 24.3 Å². The van der Waals surface area contributed by atoms with Crippen molar-refractivity contribution in [1.82, 2.24) is 5.32 Å². The monoisotopic (exact) mass is 245 g/mol. The number of benzene rings is 1. The molecule has 1 aliphatic heterocycles. The first-order valence-corrected chi connectivity index (χ1v) is 7.22. The van der Waals surface area contributed by atoms with Gasteiger partial charge in [0.2, 0.25) is 0 Å². The fourth-order valence-electron chi connectivity index (χ4n) is 3.41. The second-order valence-electron chi connectivity index (χ2n) is 5.90. The number of fused-ring (bicyclic) bond motifs is 1. The zero-order valence-corrected chi connectivity index (χ0v) is 11.2. The van der Waals surface area contributed by atoms with Gasteiger partial charge in [0.25, 0.3) is 0 Å². The molecule has 1 aliphatic carbocycles. The van der Waals surface area contributed by atoms with Crippen LogP contribution in [0.3, 0.4) is 0 Å². The van der Waals surface area contributed by atoms with E-state index < -0.39 is 0 Å². The van der Waals surface area contributed by atoms with Gasteiger partial charge >= 0.3 is 0 Å². The van der Waals surface area contributed by atoms with E-state index in [0.717, 1.165) is 31.6 Å². The number of hydrogen-bond donors (Lipinski definition) is 1. The smallest absolute Gasteiger partial charge is 0.0620 e. The van der Waals surface area contributed by atoms with Crippen LogP contribution in [0.25, 0.3) is 0 Å². The summed E-state index contributed by atoms with van der Waals surface area (Å²) in [7, 11) is 0. The van der Waals surface area contributed by atoms with Gasteiger partial charge in [0.1, 0.15) is 0 Å². The molecule has 1 saturated heterocycles. The summed E-state index contributed by atoms with van der Waals surface area (Å²) in [6.07, 6.45) is 3.86. The van der Waals surface area contributed by atoms with E-state index in [4.69, 9.17) is 4.74 Å². The molecule has 1 fully saturated rings. The summed E-state index contributed by atoms with van der Waals surface area (Å²) in [6, 6.07) is 9.48. The molecule has 3 unspecified atom stereocenters. The molecular formula is C16H23NO. The molecule has 0 aromatic heterocycles. The maximum Gasteiger partial charge on any atom is 0.0620 e. The molecular weight excluding hydrogens is 222 g/mol. The van der Waals surface area contributed by atoms with Gasteiger partial charge in [-0.05, 0) is 42.2 Å². The predicted molar refractivity (Wildman–Crippen MR) is 73.9 cm³/mol. The minimum absolute atomic E-state index is 0.573. The predicted octanol–water partition coefficient (Wildman–Crippen LogP) is 2.73. The Morgan fingerprint density at radius 3 is 3.00 bits per heavy atom. The zero-order chi connectivity index (χ0) is 12.4. The van der Waals surface area contributed by atoms with Crippen molar-refractivity contribution in [2.24, 2.45) is 5.92 Å².